The monoisotopic (exact) mass is 190 g/mol. The number of aliphatic hydroxyl groups is 3. The van der Waals surface area contributed by atoms with Crippen LogP contribution in [-0.2, 0) is 4.74 Å². The Balaban J connectivity index is 2.70. The lowest BCUT2D eigenvalue weighted by Crippen LogP contribution is -2.57. The lowest BCUT2D eigenvalue weighted by atomic mass is 9.90. The van der Waals surface area contributed by atoms with E-state index < -0.39 is 30.5 Å². The summed E-state index contributed by atoms with van der Waals surface area (Å²) in [4.78, 5) is 0. The summed E-state index contributed by atoms with van der Waals surface area (Å²) >= 11 is 0. The minimum Gasteiger partial charge on any atom is -0.388 e. The van der Waals surface area contributed by atoms with E-state index in [0.717, 1.165) is 0 Å². The Morgan fingerprint density at radius 1 is 1.00 bits per heavy atom. The molecule has 78 valence electrons. The van der Waals surface area contributed by atoms with Gasteiger partial charge in [-0.15, -0.1) is 0 Å². The third-order valence-electron chi connectivity index (χ3n) is 2.55. The Morgan fingerprint density at radius 2 is 1.54 bits per heavy atom. The van der Waals surface area contributed by atoms with Gasteiger partial charge in [0.2, 0.25) is 0 Å². The third kappa shape index (κ3) is 2.02. The lowest BCUT2D eigenvalue weighted by molar-refractivity contribution is -0.226. The second-order valence-electron chi connectivity index (χ2n) is 4.02. The summed E-state index contributed by atoms with van der Waals surface area (Å²) in [5.74, 6) is 0.125. The maximum Gasteiger partial charge on any atom is 0.111 e. The number of rotatable bonds is 1. The Hall–Kier alpha value is -0.160. The first kappa shape index (κ1) is 10.9. The predicted octanol–water partition coefficient (Wildman–Crippen LogP) is -0.488. The predicted molar refractivity (Wildman–Crippen MR) is 47.2 cm³/mol. The molecule has 3 unspecified atom stereocenters. The van der Waals surface area contributed by atoms with Crippen LogP contribution in [0.2, 0.25) is 0 Å². The largest absolute Gasteiger partial charge is 0.388 e. The average Bonchev–Trinajstić information content (AvgIpc) is 2.07. The van der Waals surface area contributed by atoms with Crippen LogP contribution in [0.15, 0.2) is 0 Å². The van der Waals surface area contributed by atoms with Crippen LogP contribution in [0, 0.1) is 5.92 Å². The van der Waals surface area contributed by atoms with Crippen molar-refractivity contribution < 1.29 is 20.1 Å². The standard InChI is InChI=1S/C9H18O4/c1-4(2)9-8(12)7(11)6(10)5(3)13-9/h4-12H,1-3H3/t5?,6-,7?,8?,9+/m1/s1. The first-order valence-corrected chi connectivity index (χ1v) is 4.64. The lowest BCUT2D eigenvalue weighted by Gasteiger charge is -2.41. The molecule has 13 heavy (non-hydrogen) atoms. The summed E-state index contributed by atoms with van der Waals surface area (Å²) < 4.78 is 5.38. The van der Waals surface area contributed by atoms with E-state index in [1.807, 2.05) is 13.8 Å². The number of hydrogen-bond donors (Lipinski definition) is 3. The highest BCUT2D eigenvalue weighted by molar-refractivity contribution is 4.91. The highest BCUT2D eigenvalue weighted by Gasteiger charge is 2.42. The van der Waals surface area contributed by atoms with Gasteiger partial charge in [0.25, 0.3) is 0 Å². The highest BCUT2D eigenvalue weighted by atomic mass is 16.5. The van der Waals surface area contributed by atoms with Crippen LogP contribution in [0.1, 0.15) is 20.8 Å². The molecule has 1 fully saturated rings. The van der Waals surface area contributed by atoms with E-state index in [2.05, 4.69) is 0 Å². The van der Waals surface area contributed by atoms with Crippen molar-refractivity contribution in [3.05, 3.63) is 0 Å². The van der Waals surface area contributed by atoms with Gasteiger partial charge in [0.1, 0.15) is 18.3 Å². The third-order valence-corrected chi connectivity index (χ3v) is 2.55. The summed E-state index contributed by atoms with van der Waals surface area (Å²) in [7, 11) is 0. The van der Waals surface area contributed by atoms with E-state index in [0.29, 0.717) is 0 Å². The van der Waals surface area contributed by atoms with E-state index in [9.17, 15) is 15.3 Å². The molecule has 0 aromatic heterocycles. The molecule has 5 atom stereocenters. The molecule has 0 spiro atoms. The molecule has 0 aromatic carbocycles. The smallest absolute Gasteiger partial charge is 0.111 e. The summed E-state index contributed by atoms with van der Waals surface area (Å²) in [5, 5.41) is 28.4. The van der Waals surface area contributed by atoms with Crippen LogP contribution in [0.5, 0.6) is 0 Å². The van der Waals surface area contributed by atoms with Crippen LogP contribution in [-0.4, -0.2) is 45.8 Å². The fourth-order valence-electron chi connectivity index (χ4n) is 1.63. The van der Waals surface area contributed by atoms with Gasteiger partial charge >= 0.3 is 0 Å². The second kappa shape index (κ2) is 3.92. The molecule has 0 radical (unpaired) electrons. The maximum absolute atomic E-state index is 9.56. The molecule has 4 heteroatoms. The summed E-state index contributed by atoms with van der Waals surface area (Å²) in [6.07, 6.45) is -3.91. The van der Waals surface area contributed by atoms with Crippen molar-refractivity contribution in [2.45, 2.75) is 51.3 Å². The molecular weight excluding hydrogens is 172 g/mol. The molecule has 0 amide bonds. The molecule has 0 aliphatic carbocycles. The number of ether oxygens (including phenoxy) is 1. The first-order chi connectivity index (χ1) is 5.95. The zero-order valence-corrected chi connectivity index (χ0v) is 8.21. The summed E-state index contributed by atoms with van der Waals surface area (Å²) in [6, 6.07) is 0. The number of aliphatic hydroxyl groups excluding tert-OH is 3. The topological polar surface area (TPSA) is 69.9 Å². The van der Waals surface area contributed by atoms with Crippen molar-refractivity contribution in [1.29, 1.82) is 0 Å². The molecular formula is C9H18O4. The summed E-state index contributed by atoms with van der Waals surface area (Å²) in [5.41, 5.74) is 0. The van der Waals surface area contributed by atoms with Gasteiger partial charge in [-0.25, -0.2) is 0 Å². The van der Waals surface area contributed by atoms with Crippen molar-refractivity contribution in [3.63, 3.8) is 0 Å². The second-order valence-corrected chi connectivity index (χ2v) is 4.02. The minimum absolute atomic E-state index is 0.125. The SMILES string of the molecule is CC1O[C@@H](C(C)C)C(O)C(O)[C@@H]1O. The Kier molecular flexibility index (Phi) is 3.29. The van der Waals surface area contributed by atoms with Crippen molar-refractivity contribution in [3.8, 4) is 0 Å². The van der Waals surface area contributed by atoms with E-state index in [1.54, 1.807) is 6.92 Å². The van der Waals surface area contributed by atoms with Gasteiger partial charge in [-0.2, -0.15) is 0 Å². The molecule has 1 aliphatic heterocycles. The molecule has 1 aliphatic rings. The summed E-state index contributed by atoms with van der Waals surface area (Å²) in [6.45, 7) is 5.51. The molecule has 0 saturated carbocycles. The van der Waals surface area contributed by atoms with Gasteiger partial charge in [-0.05, 0) is 12.8 Å². The zero-order valence-electron chi connectivity index (χ0n) is 8.21. The average molecular weight is 190 g/mol. The van der Waals surface area contributed by atoms with Crippen LogP contribution in [0.3, 0.4) is 0 Å². The number of hydrogen-bond acceptors (Lipinski definition) is 4. The Morgan fingerprint density at radius 3 is 2.00 bits per heavy atom. The molecule has 4 nitrogen and oxygen atoms in total. The molecule has 1 heterocycles. The van der Waals surface area contributed by atoms with Crippen LogP contribution >= 0.6 is 0 Å². The Bertz CT molecular complexity index is 171. The van der Waals surface area contributed by atoms with Crippen LogP contribution in [0.4, 0.5) is 0 Å². The molecule has 3 N–H and O–H groups in total. The van der Waals surface area contributed by atoms with Crippen molar-refractivity contribution >= 4 is 0 Å². The Labute approximate surface area is 78.1 Å². The van der Waals surface area contributed by atoms with Gasteiger partial charge < -0.3 is 20.1 Å². The fraction of sp³-hybridized carbons (Fsp3) is 1.00. The molecule has 1 saturated heterocycles. The van der Waals surface area contributed by atoms with E-state index in [1.165, 1.54) is 0 Å². The molecule has 0 bridgehead atoms. The van der Waals surface area contributed by atoms with Gasteiger partial charge in [0.05, 0.1) is 12.2 Å². The van der Waals surface area contributed by atoms with Crippen molar-refractivity contribution in [2.24, 2.45) is 5.92 Å². The first-order valence-electron chi connectivity index (χ1n) is 4.64. The quantitative estimate of drug-likeness (QED) is 0.522. The fourth-order valence-corrected chi connectivity index (χ4v) is 1.63. The van der Waals surface area contributed by atoms with E-state index >= 15 is 0 Å². The van der Waals surface area contributed by atoms with E-state index in [-0.39, 0.29) is 5.92 Å². The van der Waals surface area contributed by atoms with Gasteiger partial charge in [0, 0.05) is 0 Å². The van der Waals surface area contributed by atoms with Crippen LogP contribution < -0.4 is 0 Å². The highest BCUT2D eigenvalue weighted by Crippen LogP contribution is 2.25. The van der Waals surface area contributed by atoms with E-state index in [4.69, 9.17) is 4.74 Å². The minimum atomic E-state index is -1.10. The van der Waals surface area contributed by atoms with Gasteiger partial charge in [0.15, 0.2) is 0 Å². The van der Waals surface area contributed by atoms with Crippen LogP contribution in [0.25, 0.3) is 0 Å². The van der Waals surface area contributed by atoms with Gasteiger partial charge in [-0.3, -0.25) is 0 Å². The maximum atomic E-state index is 9.56. The molecule has 1 rings (SSSR count). The molecule has 0 aromatic rings. The zero-order chi connectivity index (χ0) is 10.2. The van der Waals surface area contributed by atoms with Crippen molar-refractivity contribution in [1.82, 2.24) is 0 Å². The van der Waals surface area contributed by atoms with Gasteiger partial charge in [-0.1, -0.05) is 13.8 Å². The van der Waals surface area contributed by atoms with Crippen molar-refractivity contribution in [2.75, 3.05) is 0 Å². The normalized spacial score (nSPS) is 46.8.